The molecule has 0 aromatic heterocycles. The Labute approximate surface area is 191 Å². The first-order chi connectivity index (χ1) is 15.7. The fourth-order valence-electron chi connectivity index (χ4n) is 4.53. The fraction of sp³-hybridized carbons (Fsp3) is 0.462. The highest BCUT2D eigenvalue weighted by Crippen LogP contribution is 2.23. The van der Waals surface area contributed by atoms with Crippen LogP contribution in [0.5, 0.6) is 0 Å². The minimum Gasteiger partial charge on any atom is -0.325 e. The number of carbonyl (C=O) groups excluding carboxylic acids is 2. The second-order valence-electron chi connectivity index (χ2n) is 8.92. The maximum Gasteiger partial charge on any atom is 0.238 e. The molecule has 170 valence electrons. The Bertz CT molecular complexity index is 808. The van der Waals surface area contributed by atoms with Gasteiger partial charge in [-0.25, -0.2) is 0 Å². The zero-order chi connectivity index (χ0) is 22.2. The van der Waals surface area contributed by atoms with Crippen molar-refractivity contribution in [1.29, 1.82) is 0 Å². The largest absolute Gasteiger partial charge is 0.325 e. The van der Waals surface area contributed by atoms with Gasteiger partial charge in [0.05, 0.1) is 13.1 Å². The van der Waals surface area contributed by atoms with Crippen LogP contribution in [-0.4, -0.2) is 60.9 Å². The standard InChI is InChI=1S/C26H34N4O2/c31-25(19-29-15-3-1-4-16-29)27-23-11-7-21(8-12-23)22-9-13-24(14-10-22)28-26(32)20-30-17-5-2-6-18-30/h7-14H,1-6,15-20H2,(H,27,31)(H,28,32). The lowest BCUT2D eigenvalue weighted by Crippen LogP contribution is -2.36. The summed E-state index contributed by atoms with van der Waals surface area (Å²) < 4.78 is 0. The SMILES string of the molecule is O=C(CN1CCCCC1)Nc1ccc(-c2ccc(NC(=O)CN3CCCCC3)cc2)cc1. The van der Waals surface area contributed by atoms with Crippen LogP contribution < -0.4 is 10.6 Å². The van der Waals surface area contributed by atoms with Crippen molar-refractivity contribution in [2.75, 3.05) is 49.9 Å². The Morgan fingerprint density at radius 2 is 0.906 bits per heavy atom. The number of benzene rings is 2. The molecule has 2 saturated heterocycles. The van der Waals surface area contributed by atoms with E-state index in [1.807, 2.05) is 48.5 Å². The molecule has 2 aromatic rings. The first-order valence-electron chi connectivity index (χ1n) is 11.9. The lowest BCUT2D eigenvalue weighted by atomic mass is 10.0. The first kappa shape index (κ1) is 22.5. The summed E-state index contributed by atoms with van der Waals surface area (Å²) in [6.07, 6.45) is 7.27. The lowest BCUT2D eigenvalue weighted by Gasteiger charge is -2.25. The van der Waals surface area contributed by atoms with E-state index >= 15 is 0 Å². The summed E-state index contributed by atoms with van der Waals surface area (Å²) in [5.41, 5.74) is 3.78. The molecule has 0 atom stereocenters. The van der Waals surface area contributed by atoms with E-state index in [-0.39, 0.29) is 11.8 Å². The van der Waals surface area contributed by atoms with Gasteiger partial charge in [-0.3, -0.25) is 19.4 Å². The van der Waals surface area contributed by atoms with E-state index in [9.17, 15) is 9.59 Å². The lowest BCUT2D eigenvalue weighted by molar-refractivity contribution is -0.118. The number of hydrogen-bond donors (Lipinski definition) is 2. The number of amides is 2. The van der Waals surface area contributed by atoms with Gasteiger partial charge in [-0.2, -0.15) is 0 Å². The Hall–Kier alpha value is -2.70. The van der Waals surface area contributed by atoms with E-state index in [0.717, 1.165) is 48.7 Å². The Balaban J connectivity index is 1.27. The number of anilines is 2. The number of hydrogen-bond acceptors (Lipinski definition) is 4. The highest BCUT2D eigenvalue weighted by molar-refractivity contribution is 5.93. The van der Waals surface area contributed by atoms with E-state index in [4.69, 9.17) is 0 Å². The summed E-state index contributed by atoms with van der Waals surface area (Å²) in [5.74, 6) is 0.0913. The number of carbonyl (C=O) groups is 2. The summed E-state index contributed by atoms with van der Waals surface area (Å²) in [6.45, 7) is 4.99. The van der Waals surface area contributed by atoms with Gasteiger partial charge in [0.1, 0.15) is 0 Å². The van der Waals surface area contributed by atoms with Gasteiger partial charge < -0.3 is 10.6 Å². The zero-order valence-electron chi connectivity index (χ0n) is 18.8. The van der Waals surface area contributed by atoms with Gasteiger partial charge >= 0.3 is 0 Å². The van der Waals surface area contributed by atoms with Crippen molar-refractivity contribution in [3.05, 3.63) is 48.5 Å². The summed E-state index contributed by atoms with van der Waals surface area (Å²) in [7, 11) is 0. The maximum absolute atomic E-state index is 12.3. The van der Waals surface area contributed by atoms with Crippen molar-refractivity contribution >= 4 is 23.2 Å². The molecule has 4 rings (SSSR count). The molecule has 0 aliphatic carbocycles. The molecule has 2 heterocycles. The molecular formula is C26H34N4O2. The second-order valence-corrected chi connectivity index (χ2v) is 8.92. The summed E-state index contributed by atoms with van der Waals surface area (Å²) in [6, 6.07) is 15.8. The molecule has 32 heavy (non-hydrogen) atoms. The first-order valence-corrected chi connectivity index (χ1v) is 11.9. The Morgan fingerprint density at radius 3 is 1.25 bits per heavy atom. The topological polar surface area (TPSA) is 64.7 Å². The van der Waals surface area contributed by atoms with E-state index < -0.39 is 0 Å². The van der Waals surface area contributed by atoms with Crippen molar-refractivity contribution in [2.24, 2.45) is 0 Å². The fourth-order valence-corrected chi connectivity index (χ4v) is 4.53. The van der Waals surface area contributed by atoms with Crippen LogP contribution in [0.3, 0.4) is 0 Å². The molecule has 2 aliphatic heterocycles. The minimum absolute atomic E-state index is 0.0456. The summed E-state index contributed by atoms with van der Waals surface area (Å²) in [5, 5.41) is 6.00. The van der Waals surface area contributed by atoms with Crippen LogP contribution in [0.25, 0.3) is 11.1 Å². The Kier molecular flexibility index (Phi) is 7.91. The zero-order valence-corrected chi connectivity index (χ0v) is 18.8. The monoisotopic (exact) mass is 434 g/mol. The van der Waals surface area contributed by atoms with Gasteiger partial charge in [-0.1, -0.05) is 37.1 Å². The van der Waals surface area contributed by atoms with Gasteiger partial charge in [0.2, 0.25) is 11.8 Å². The predicted octanol–water partition coefficient (Wildman–Crippen LogP) is 4.20. The quantitative estimate of drug-likeness (QED) is 0.685. The van der Waals surface area contributed by atoms with Gasteiger partial charge in [0.25, 0.3) is 0 Å². The van der Waals surface area contributed by atoms with Gasteiger partial charge in [0.15, 0.2) is 0 Å². The van der Waals surface area contributed by atoms with E-state index in [2.05, 4.69) is 20.4 Å². The third-order valence-corrected chi connectivity index (χ3v) is 6.30. The van der Waals surface area contributed by atoms with Crippen molar-refractivity contribution in [1.82, 2.24) is 9.80 Å². The smallest absolute Gasteiger partial charge is 0.238 e. The maximum atomic E-state index is 12.3. The second kappa shape index (κ2) is 11.2. The van der Waals surface area contributed by atoms with E-state index in [1.54, 1.807) is 0 Å². The van der Waals surface area contributed by atoms with Crippen molar-refractivity contribution in [3.63, 3.8) is 0 Å². The molecule has 0 bridgehead atoms. The molecule has 2 aliphatic rings. The van der Waals surface area contributed by atoms with Crippen LogP contribution in [0.15, 0.2) is 48.5 Å². The number of rotatable bonds is 7. The van der Waals surface area contributed by atoms with Gasteiger partial charge in [0, 0.05) is 11.4 Å². The molecular weight excluding hydrogens is 400 g/mol. The van der Waals surface area contributed by atoms with Crippen molar-refractivity contribution in [3.8, 4) is 11.1 Å². The van der Waals surface area contributed by atoms with Crippen molar-refractivity contribution in [2.45, 2.75) is 38.5 Å². The molecule has 0 spiro atoms. The van der Waals surface area contributed by atoms with E-state index in [1.165, 1.54) is 38.5 Å². The summed E-state index contributed by atoms with van der Waals surface area (Å²) >= 11 is 0. The number of piperidine rings is 2. The van der Waals surface area contributed by atoms with Crippen LogP contribution in [0.2, 0.25) is 0 Å². The number of likely N-dealkylation sites (tertiary alicyclic amines) is 2. The van der Waals surface area contributed by atoms with Crippen LogP contribution in [0, 0.1) is 0 Å². The Morgan fingerprint density at radius 1 is 0.562 bits per heavy atom. The highest BCUT2D eigenvalue weighted by Gasteiger charge is 2.15. The van der Waals surface area contributed by atoms with Gasteiger partial charge in [-0.05, 0) is 87.3 Å². The summed E-state index contributed by atoms with van der Waals surface area (Å²) in [4.78, 5) is 29.0. The highest BCUT2D eigenvalue weighted by atomic mass is 16.2. The predicted molar refractivity (Wildman–Crippen MR) is 130 cm³/mol. The molecule has 2 aromatic carbocycles. The molecule has 2 fully saturated rings. The average molecular weight is 435 g/mol. The van der Waals surface area contributed by atoms with Crippen LogP contribution in [0.1, 0.15) is 38.5 Å². The molecule has 0 unspecified atom stereocenters. The minimum atomic E-state index is 0.0456. The number of nitrogens with zero attached hydrogens (tertiary/aromatic N) is 2. The molecule has 6 nitrogen and oxygen atoms in total. The molecule has 2 amide bonds. The average Bonchev–Trinajstić information content (AvgIpc) is 2.81. The molecule has 0 radical (unpaired) electrons. The van der Waals surface area contributed by atoms with Crippen LogP contribution >= 0.6 is 0 Å². The number of nitrogens with one attached hydrogen (secondary N) is 2. The van der Waals surface area contributed by atoms with Crippen molar-refractivity contribution < 1.29 is 9.59 Å². The third kappa shape index (κ3) is 6.65. The normalized spacial score (nSPS) is 17.6. The van der Waals surface area contributed by atoms with Crippen LogP contribution in [-0.2, 0) is 9.59 Å². The van der Waals surface area contributed by atoms with Gasteiger partial charge in [-0.15, -0.1) is 0 Å². The van der Waals surface area contributed by atoms with E-state index in [0.29, 0.717) is 13.1 Å². The molecule has 6 heteroatoms. The molecule has 0 saturated carbocycles. The molecule has 2 N–H and O–H groups in total. The van der Waals surface area contributed by atoms with Crippen LogP contribution in [0.4, 0.5) is 11.4 Å². The third-order valence-electron chi connectivity index (χ3n) is 6.30.